The van der Waals surface area contributed by atoms with Crippen LogP contribution in [-0.4, -0.2) is 58.1 Å². The zero-order chi connectivity index (χ0) is 19.2. The number of hydrogen-bond acceptors (Lipinski definition) is 3. The molecule has 144 valence electrons. The van der Waals surface area contributed by atoms with Crippen LogP contribution < -0.4 is 5.32 Å². The summed E-state index contributed by atoms with van der Waals surface area (Å²) in [6, 6.07) is 9.58. The predicted octanol–water partition coefficient (Wildman–Crippen LogP) is 3.19. The summed E-state index contributed by atoms with van der Waals surface area (Å²) in [7, 11) is 0. The van der Waals surface area contributed by atoms with E-state index in [-0.39, 0.29) is 17.9 Å². The molecule has 0 bridgehead atoms. The molecule has 1 aromatic carbocycles. The average molecular weight is 369 g/mol. The number of piperidine rings is 1. The molecular formula is C20H27N5O2. The van der Waals surface area contributed by atoms with Crippen LogP contribution in [0.1, 0.15) is 26.7 Å². The van der Waals surface area contributed by atoms with Crippen molar-refractivity contribution >= 4 is 17.6 Å². The van der Waals surface area contributed by atoms with Crippen molar-refractivity contribution in [1.82, 2.24) is 20.0 Å². The highest BCUT2D eigenvalue weighted by Gasteiger charge is 2.30. The van der Waals surface area contributed by atoms with Crippen LogP contribution in [0.25, 0.3) is 11.3 Å². The van der Waals surface area contributed by atoms with Gasteiger partial charge in [0.25, 0.3) is 0 Å². The SMILES string of the molecule is CCN(CC)C(=O)N1CCC[C@@H](C(=O)Nc2cccc(-c3ccn[nH]3)c2)C1. The lowest BCUT2D eigenvalue weighted by atomic mass is 9.97. The van der Waals surface area contributed by atoms with Crippen molar-refractivity contribution in [2.45, 2.75) is 26.7 Å². The van der Waals surface area contributed by atoms with Crippen molar-refractivity contribution in [3.63, 3.8) is 0 Å². The lowest BCUT2D eigenvalue weighted by molar-refractivity contribution is -0.121. The number of carbonyl (C=O) groups is 2. The van der Waals surface area contributed by atoms with Gasteiger partial charge in [0.15, 0.2) is 0 Å². The van der Waals surface area contributed by atoms with Crippen LogP contribution in [0.5, 0.6) is 0 Å². The Labute approximate surface area is 159 Å². The Kier molecular flexibility index (Phi) is 6.11. The molecule has 2 heterocycles. The van der Waals surface area contributed by atoms with Crippen molar-refractivity contribution in [3.05, 3.63) is 36.5 Å². The molecule has 1 saturated heterocycles. The quantitative estimate of drug-likeness (QED) is 0.849. The standard InChI is InChI=1S/C20H27N5O2/c1-3-24(4-2)20(27)25-12-6-8-16(14-25)19(26)22-17-9-5-7-15(13-17)18-10-11-21-23-18/h5,7,9-11,13,16H,3-4,6,8,12,14H2,1-2H3,(H,21,23)(H,22,26)/t16-/m1/s1. The average Bonchev–Trinajstić information content (AvgIpc) is 3.24. The Balaban J connectivity index is 1.64. The summed E-state index contributed by atoms with van der Waals surface area (Å²) in [4.78, 5) is 28.9. The van der Waals surface area contributed by atoms with E-state index in [2.05, 4.69) is 15.5 Å². The molecule has 2 N–H and O–H groups in total. The van der Waals surface area contributed by atoms with E-state index in [0.717, 1.165) is 29.8 Å². The third kappa shape index (κ3) is 4.48. The maximum Gasteiger partial charge on any atom is 0.320 e. The van der Waals surface area contributed by atoms with Crippen molar-refractivity contribution in [1.29, 1.82) is 0 Å². The molecule has 0 spiro atoms. The minimum atomic E-state index is -0.186. The molecule has 1 aromatic heterocycles. The fraction of sp³-hybridized carbons (Fsp3) is 0.450. The molecule has 1 atom stereocenters. The van der Waals surface area contributed by atoms with Crippen LogP contribution >= 0.6 is 0 Å². The molecule has 0 unspecified atom stereocenters. The lowest BCUT2D eigenvalue weighted by Crippen LogP contribution is -2.49. The van der Waals surface area contributed by atoms with Gasteiger partial charge in [0.2, 0.25) is 5.91 Å². The minimum absolute atomic E-state index is 0.0266. The molecule has 1 aliphatic rings. The Morgan fingerprint density at radius 3 is 2.81 bits per heavy atom. The van der Waals surface area contributed by atoms with Gasteiger partial charge in [-0.3, -0.25) is 9.89 Å². The van der Waals surface area contributed by atoms with Gasteiger partial charge in [0.1, 0.15) is 0 Å². The lowest BCUT2D eigenvalue weighted by Gasteiger charge is -2.35. The van der Waals surface area contributed by atoms with E-state index >= 15 is 0 Å². The van der Waals surface area contributed by atoms with Crippen LogP contribution in [0.2, 0.25) is 0 Å². The zero-order valence-corrected chi connectivity index (χ0v) is 15.9. The molecule has 3 amide bonds. The normalized spacial score (nSPS) is 16.8. The van der Waals surface area contributed by atoms with E-state index in [0.29, 0.717) is 26.2 Å². The summed E-state index contributed by atoms with van der Waals surface area (Å²) in [5.74, 6) is -0.220. The Morgan fingerprint density at radius 2 is 2.11 bits per heavy atom. The summed E-state index contributed by atoms with van der Waals surface area (Å²) < 4.78 is 0. The van der Waals surface area contributed by atoms with Crippen LogP contribution in [0, 0.1) is 5.92 Å². The number of likely N-dealkylation sites (tertiary alicyclic amines) is 1. The highest BCUT2D eigenvalue weighted by molar-refractivity contribution is 5.93. The summed E-state index contributed by atoms with van der Waals surface area (Å²) in [5, 5.41) is 9.89. The smallest absolute Gasteiger partial charge is 0.320 e. The number of carbonyl (C=O) groups excluding carboxylic acids is 2. The number of nitrogens with one attached hydrogen (secondary N) is 2. The second-order valence-electron chi connectivity index (χ2n) is 6.78. The highest BCUT2D eigenvalue weighted by atomic mass is 16.2. The summed E-state index contributed by atoms with van der Waals surface area (Å²) >= 11 is 0. The number of rotatable bonds is 5. The maximum absolute atomic E-state index is 12.8. The first kappa shape index (κ1) is 18.9. The van der Waals surface area contributed by atoms with Gasteiger partial charge in [-0.2, -0.15) is 5.10 Å². The molecular weight excluding hydrogens is 342 g/mol. The molecule has 0 aliphatic carbocycles. The first-order valence-corrected chi connectivity index (χ1v) is 9.56. The number of aromatic amines is 1. The molecule has 7 heteroatoms. The van der Waals surface area contributed by atoms with Crippen molar-refractivity contribution in [2.24, 2.45) is 5.92 Å². The van der Waals surface area contributed by atoms with Gasteiger partial charge >= 0.3 is 6.03 Å². The van der Waals surface area contributed by atoms with Crippen LogP contribution in [0.15, 0.2) is 36.5 Å². The van der Waals surface area contributed by atoms with E-state index in [9.17, 15) is 9.59 Å². The highest BCUT2D eigenvalue weighted by Crippen LogP contribution is 2.23. The Morgan fingerprint density at radius 1 is 1.30 bits per heavy atom. The van der Waals surface area contributed by atoms with Gasteiger partial charge in [-0.1, -0.05) is 12.1 Å². The number of amides is 3. The number of urea groups is 1. The Bertz CT molecular complexity index is 770. The molecule has 7 nitrogen and oxygen atoms in total. The molecule has 27 heavy (non-hydrogen) atoms. The van der Waals surface area contributed by atoms with Crippen molar-refractivity contribution in [3.8, 4) is 11.3 Å². The van der Waals surface area contributed by atoms with E-state index in [1.807, 2.05) is 49.1 Å². The topological polar surface area (TPSA) is 81.3 Å². The largest absolute Gasteiger partial charge is 0.326 e. The maximum atomic E-state index is 12.8. The van der Waals surface area contributed by atoms with E-state index < -0.39 is 0 Å². The second kappa shape index (κ2) is 8.70. The molecule has 1 aliphatic heterocycles. The van der Waals surface area contributed by atoms with Crippen LogP contribution in [0.3, 0.4) is 0 Å². The molecule has 2 aromatic rings. The van der Waals surface area contributed by atoms with Gasteiger partial charge in [-0.25, -0.2) is 4.79 Å². The van der Waals surface area contributed by atoms with E-state index in [1.54, 1.807) is 11.1 Å². The van der Waals surface area contributed by atoms with Crippen LogP contribution in [-0.2, 0) is 4.79 Å². The van der Waals surface area contributed by atoms with Crippen molar-refractivity contribution < 1.29 is 9.59 Å². The van der Waals surface area contributed by atoms with Crippen molar-refractivity contribution in [2.75, 3.05) is 31.5 Å². The van der Waals surface area contributed by atoms with E-state index in [4.69, 9.17) is 0 Å². The van der Waals surface area contributed by atoms with Gasteiger partial charge < -0.3 is 15.1 Å². The van der Waals surface area contributed by atoms with E-state index in [1.165, 1.54) is 0 Å². The third-order valence-corrected chi connectivity index (χ3v) is 5.04. The van der Waals surface area contributed by atoms with Gasteiger partial charge in [0.05, 0.1) is 11.6 Å². The minimum Gasteiger partial charge on any atom is -0.326 e. The monoisotopic (exact) mass is 369 g/mol. The number of nitrogens with zero attached hydrogens (tertiary/aromatic N) is 3. The number of anilines is 1. The second-order valence-corrected chi connectivity index (χ2v) is 6.78. The molecule has 0 saturated carbocycles. The third-order valence-electron chi connectivity index (χ3n) is 5.04. The summed E-state index contributed by atoms with van der Waals surface area (Å²) in [6.07, 6.45) is 3.34. The summed E-state index contributed by atoms with van der Waals surface area (Å²) in [6.45, 7) is 6.51. The van der Waals surface area contributed by atoms with Gasteiger partial charge in [-0.05, 0) is 44.9 Å². The molecule has 0 radical (unpaired) electrons. The zero-order valence-electron chi connectivity index (χ0n) is 15.9. The van der Waals surface area contributed by atoms with Gasteiger partial charge in [0, 0.05) is 43.6 Å². The van der Waals surface area contributed by atoms with Crippen LogP contribution in [0.4, 0.5) is 10.5 Å². The summed E-state index contributed by atoms with van der Waals surface area (Å²) in [5.41, 5.74) is 2.62. The fourth-order valence-electron chi connectivity index (χ4n) is 3.48. The molecule has 1 fully saturated rings. The number of aromatic nitrogens is 2. The number of benzene rings is 1. The number of hydrogen-bond donors (Lipinski definition) is 2. The first-order chi connectivity index (χ1) is 13.1. The Hall–Kier alpha value is -2.83. The predicted molar refractivity (Wildman–Crippen MR) is 105 cm³/mol. The number of H-pyrrole nitrogens is 1. The fourth-order valence-corrected chi connectivity index (χ4v) is 3.48. The molecule has 3 rings (SSSR count). The van der Waals surface area contributed by atoms with Gasteiger partial charge in [-0.15, -0.1) is 0 Å². The first-order valence-electron chi connectivity index (χ1n) is 9.56.